The fourth-order valence-electron chi connectivity index (χ4n) is 1.74. The van der Waals surface area contributed by atoms with E-state index in [0.29, 0.717) is 10.6 Å². The van der Waals surface area contributed by atoms with Crippen molar-refractivity contribution < 1.29 is 4.84 Å². The summed E-state index contributed by atoms with van der Waals surface area (Å²) in [6.07, 6.45) is 0. The molecule has 0 fully saturated rings. The zero-order chi connectivity index (χ0) is 11.0. The summed E-state index contributed by atoms with van der Waals surface area (Å²) in [6, 6.07) is 7.56. The fourth-order valence-corrected chi connectivity index (χ4v) is 1.91. The fraction of sp³-hybridized carbons (Fsp3) is 0.182. The molecule has 1 aromatic heterocycles. The molecule has 0 aliphatic heterocycles. The predicted molar refractivity (Wildman–Crippen MR) is 58.9 cm³/mol. The molecule has 0 saturated heterocycles. The summed E-state index contributed by atoms with van der Waals surface area (Å²) < 4.78 is 1.63. The standard InChI is InChI=1S/C11H9ClN2O/c1-7-10(6-13)9-5-8(12)3-4-11(9)14(7)15-2/h3-5H,1-2H3. The maximum Gasteiger partial charge on any atom is 0.104 e. The molecule has 3 nitrogen and oxygen atoms in total. The van der Waals surface area contributed by atoms with Crippen LogP contribution in [0, 0.1) is 18.3 Å². The number of benzene rings is 1. The molecule has 0 aliphatic rings. The van der Waals surface area contributed by atoms with Crippen molar-refractivity contribution in [3.8, 4) is 6.07 Å². The van der Waals surface area contributed by atoms with Crippen molar-refractivity contribution in [3.63, 3.8) is 0 Å². The largest absolute Gasteiger partial charge is 0.417 e. The third-order valence-electron chi connectivity index (χ3n) is 2.41. The molecule has 0 atom stereocenters. The average Bonchev–Trinajstić information content (AvgIpc) is 2.48. The minimum atomic E-state index is 0.606. The van der Waals surface area contributed by atoms with Crippen molar-refractivity contribution in [2.45, 2.75) is 6.92 Å². The number of halogens is 1. The highest BCUT2D eigenvalue weighted by molar-refractivity contribution is 6.31. The van der Waals surface area contributed by atoms with Gasteiger partial charge in [-0.1, -0.05) is 11.6 Å². The van der Waals surface area contributed by atoms with Gasteiger partial charge < -0.3 is 4.84 Å². The number of aromatic nitrogens is 1. The third-order valence-corrected chi connectivity index (χ3v) is 2.64. The van der Waals surface area contributed by atoms with Crippen LogP contribution in [-0.2, 0) is 0 Å². The van der Waals surface area contributed by atoms with Gasteiger partial charge in [-0.25, -0.2) is 0 Å². The van der Waals surface area contributed by atoms with Crippen molar-refractivity contribution >= 4 is 22.5 Å². The van der Waals surface area contributed by atoms with Gasteiger partial charge >= 0.3 is 0 Å². The Labute approximate surface area is 92.4 Å². The summed E-state index contributed by atoms with van der Waals surface area (Å²) in [5.74, 6) is 0. The molecule has 2 rings (SSSR count). The van der Waals surface area contributed by atoms with E-state index >= 15 is 0 Å². The molecular formula is C11H9ClN2O. The molecule has 2 aromatic rings. The molecule has 0 amide bonds. The highest BCUT2D eigenvalue weighted by atomic mass is 35.5. The van der Waals surface area contributed by atoms with Crippen LogP contribution in [0.15, 0.2) is 18.2 Å². The zero-order valence-corrected chi connectivity index (χ0v) is 9.17. The van der Waals surface area contributed by atoms with Crippen molar-refractivity contribution in [3.05, 3.63) is 34.5 Å². The van der Waals surface area contributed by atoms with E-state index in [4.69, 9.17) is 21.7 Å². The molecule has 0 bridgehead atoms. The SMILES string of the molecule is COn1c(C)c(C#N)c2cc(Cl)ccc21. The molecule has 0 saturated carbocycles. The third kappa shape index (κ3) is 1.34. The summed E-state index contributed by atoms with van der Waals surface area (Å²) in [6.45, 7) is 1.84. The summed E-state index contributed by atoms with van der Waals surface area (Å²) in [5.41, 5.74) is 2.25. The Morgan fingerprint density at radius 3 is 2.80 bits per heavy atom. The Morgan fingerprint density at radius 2 is 2.20 bits per heavy atom. The molecule has 4 heteroatoms. The minimum Gasteiger partial charge on any atom is -0.417 e. The van der Waals surface area contributed by atoms with Crippen LogP contribution in [0.2, 0.25) is 5.02 Å². The van der Waals surface area contributed by atoms with Crippen LogP contribution in [0.25, 0.3) is 10.9 Å². The quantitative estimate of drug-likeness (QED) is 0.741. The lowest BCUT2D eigenvalue weighted by Crippen LogP contribution is -2.06. The lowest BCUT2D eigenvalue weighted by Gasteiger charge is -2.04. The van der Waals surface area contributed by atoms with Crippen LogP contribution in [-0.4, -0.2) is 11.8 Å². The molecule has 0 unspecified atom stereocenters. The second kappa shape index (κ2) is 3.48. The molecule has 15 heavy (non-hydrogen) atoms. The van der Waals surface area contributed by atoms with E-state index in [1.807, 2.05) is 13.0 Å². The number of fused-ring (bicyclic) bond motifs is 1. The Kier molecular flexibility index (Phi) is 2.29. The maximum absolute atomic E-state index is 9.05. The first-order chi connectivity index (χ1) is 7.19. The van der Waals surface area contributed by atoms with Crippen molar-refractivity contribution in [2.75, 3.05) is 7.11 Å². The van der Waals surface area contributed by atoms with Crippen LogP contribution in [0.1, 0.15) is 11.3 Å². The van der Waals surface area contributed by atoms with Gasteiger partial charge in [-0.05, 0) is 25.1 Å². The second-order valence-corrected chi connectivity index (χ2v) is 3.65. The highest BCUT2D eigenvalue weighted by Crippen LogP contribution is 2.26. The van der Waals surface area contributed by atoms with E-state index < -0.39 is 0 Å². The predicted octanol–water partition coefficient (Wildman–Crippen LogP) is 2.53. The Bertz CT molecular complexity index is 566. The van der Waals surface area contributed by atoms with E-state index in [9.17, 15) is 0 Å². The first-order valence-electron chi connectivity index (χ1n) is 4.44. The second-order valence-electron chi connectivity index (χ2n) is 3.21. The summed E-state index contributed by atoms with van der Waals surface area (Å²) in [7, 11) is 1.57. The highest BCUT2D eigenvalue weighted by Gasteiger charge is 2.14. The monoisotopic (exact) mass is 220 g/mol. The molecule has 0 aliphatic carbocycles. The number of hydrogen-bond donors (Lipinski definition) is 0. The summed E-state index contributed by atoms with van der Waals surface area (Å²) in [4.78, 5) is 5.20. The number of hydrogen-bond acceptors (Lipinski definition) is 2. The van der Waals surface area contributed by atoms with E-state index in [0.717, 1.165) is 16.6 Å². The van der Waals surface area contributed by atoms with Crippen LogP contribution in [0.4, 0.5) is 0 Å². The number of rotatable bonds is 1. The van der Waals surface area contributed by atoms with Crippen molar-refractivity contribution in [1.82, 2.24) is 4.73 Å². The van der Waals surface area contributed by atoms with Crippen LogP contribution in [0.3, 0.4) is 0 Å². The molecule has 0 spiro atoms. The maximum atomic E-state index is 9.05. The Balaban J connectivity index is 2.93. The summed E-state index contributed by atoms with van der Waals surface area (Å²) in [5, 5.41) is 10.5. The van der Waals surface area contributed by atoms with Gasteiger partial charge in [0.25, 0.3) is 0 Å². The topological polar surface area (TPSA) is 38.0 Å². The van der Waals surface area contributed by atoms with Gasteiger partial charge in [0.05, 0.1) is 16.8 Å². The lowest BCUT2D eigenvalue weighted by molar-refractivity contribution is 0.173. The van der Waals surface area contributed by atoms with Gasteiger partial charge in [-0.2, -0.15) is 9.99 Å². The molecular weight excluding hydrogens is 212 g/mol. The van der Waals surface area contributed by atoms with Crippen LogP contribution >= 0.6 is 11.6 Å². The molecule has 1 aromatic carbocycles. The van der Waals surface area contributed by atoms with E-state index in [1.54, 1.807) is 24.0 Å². The van der Waals surface area contributed by atoms with E-state index in [2.05, 4.69) is 6.07 Å². The molecule has 1 heterocycles. The summed E-state index contributed by atoms with van der Waals surface area (Å²) >= 11 is 5.89. The van der Waals surface area contributed by atoms with Crippen molar-refractivity contribution in [2.24, 2.45) is 0 Å². The first kappa shape index (κ1) is 9.88. The molecule has 0 radical (unpaired) electrons. The molecule has 76 valence electrons. The van der Waals surface area contributed by atoms with Gasteiger partial charge in [0, 0.05) is 10.4 Å². The van der Waals surface area contributed by atoms with E-state index in [1.165, 1.54) is 0 Å². The zero-order valence-electron chi connectivity index (χ0n) is 8.41. The van der Waals surface area contributed by atoms with Gasteiger partial charge in [0.15, 0.2) is 0 Å². The minimum absolute atomic E-state index is 0.606. The van der Waals surface area contributed by atoms with Crippen LogP contribution < -0.4 is 4.84 Å². The van der Waals surface area contributed by atoms with Gasteiger partial charge in [-0.15, -0.1) is 0 Å². The Hall–Kier alpha value is -1.66. The van der Waals surface area contributed by atoms with E-state index in [-0.39, 0.29) is 0 Å². The van der Waals surface area contributed by atoms with Gasteiger partial charge in [0.2, 0.25) is 0 Å². The van der Waals surface area contributed by atoms with Crippen molar-refractivity contribution in [1.29, 1.82) is 5.26 Å². The van der Waals surface area contributed by atoms with Gasteiger partial charge in [-0.3, -0.25) is 0 Å². The first-order valence-corrected chi connectivity index (χ1v) is 4.82. The Morgan fingerprint density at radius 1 is 1.47 bits per heavy atom. The van der Waals surface area contributed by atoms with Crippen LogP contribution in [0.5, 0.6) is 0 Å². The normalized spacial score (nSPS) is 10.3. The smallest absolute Gasteiger partial charge is 0.104 e. The number of nitrogens with zero attached hydrogens (tertiary/aromatic N) is 2. The van der Waals surface area contributed by atoms with Gasteiger partial charge in [0.1, 0.15) is 13.2 Å². The lowest BCUT2D eigenvalue weighted by atomic mass is 10.1. The number of nitriles is 1. The molecule has 0 N–H and O–H groups in total. The average molecular weight is 221 g/mol.